The molecule has 0 bridgehead atoms. The first-order valence-corrected chi connectivity index (χ1v) is 6.52. The Labute approximate surface area is 94.5 Å². The average molecular weight is 213 g/mol. The molecule has 2 N–H and O–H groups in total. The zero-order chi connectivity index (χ0) is 11.1. The monoisotopic (exact) mass is 213 g/mol. The molecule has 1 atom stereocenters. The zero-order valence-electron chi connectivity index (χ0n) is 10.4. The van der Waals surface area contributed by atoms with E-state index in [2.05, 4.69) is 19.2 Å². The second kappa shape index (κ2) is 6.49. The summed E-state index contributed by atoms with van der Waals surface area (Å²) in [7, 11) is 0. The van der Waals surface area contributed by atoms with Gasteiger partial charge in [0.2, 0.25) is 0 Å². The topological polar surface area (TPSA) is 32.3 Å². The van der Waals surface area contributed by atoms with E-state index < -0.39 is 0 Å². The molecule has 2 heteroatoms. The molecule has 1 fully saturated rings. The largest absolute Gasteiger partial charge is 0.396 e. The van der Waals surface area contributed by atoms with E-state index in [0.29, 0.717) is 6.61 Å². The van der Waals surface area contributed by atoms with Crippen molar-refractivity contribution in [2.24, 2.45) is 11.3 Å². The van der Waals surface area contributed by atoms with Crippen molar-refractivity contribution < 1.29 is 5.11 Å². The van der Waals surface area contributed by atoms with Crippen LogP contribution in [-0.2, 0) is 0 Å². The summed E-state index contributed by atoms with van der Waals surface area (Å²) >= 11 is 0. The molecule has 1 saturated carbocycles. The van der Waals surface area contributed by atoms with Crippen molar-refractivity contribution in [2.75, 3.05) is 19.7 Å². The Bertz CT molecular complexity index is 160. The molecule has 2 nitrogen and oxygen atoms in total. The van der Waals surface area contributed by atoms with Crippen LogP contribution >= 0.6 is 0 Å². The first kappa shape index (κ1) is 13.0. The van der Waals surface area contributed by atoms with Crippen LogP contribution in [-0.4, -0.2) is 24.8 Å². The van der Waals surface area contributed by atoms with Crippen molar-refractivity contribution in [1.82, 2.24) is 5.32 Å². The first-order valence-electron chi connectivity index (χ1n) is 6.52. The van der Waals surface area contributed by atoms with Crippen LogP contribution in [0.1, 0.15) is 52.4 Å². The minimum Gasteiger partial charge on any atom is -0.396 e. The molecule has 1 unspecified atom stereocenters. The lowest BCUT2D eigenvalue weighted by Crippen LogP contribution is -2.37. The minimum absolute atomic E-state index is 0.0780. The third-order valence-corrected chi connectivity index (χ3v) is 3.94. The molecule has 0 amide bonds. The fourth-order valence-electron chi connectivity index (χ4n) is 2.26. The standard InChI is InChI=1S/C13H27NO/c1-3-13(2,11-15)10-14-9-12-7-5-4-6-8-12/h12,14-15H,3-11H2,1-2H3. The Kier molecular flexibility index (Phi) is 5.62. The van der Waals surface area contributed by atoms with Gasteiger partial charge in [0.25, 0.3) is 0 Å². The van der Waals surface area contributed by atoms with Gasteiger partial charge in [-0.1, -0.05) is 33.1 Å². The molecule has 0 heterocycles. The molecule has 0 saturated heterocycles. The van der Waals surface area contributed by atoms with Crippen LogP contribution in [0, 0.1) is 11.3 Å². The van der Waals surface area contributed by atoms with Gasteiger partial charge >= 0.3 is 0 Å². The molecule has 0 radical (unpaired) electrons. The number of rotatable bonds is 6. The van der Waals surface area contributed by atoms with Crippen LogP contribution in [0.5, 0.6) is 0 Å². The van der Waals surface area contributed by atoms with Crippen molar-refractivity contribution >= 4 is 0 Å². The van der Waals surface area contributed by atoms with Gasteiger partial charge in [0.15, 0.2) is 0 Å². The summed E-state index contributed by atoms with van der Waals surface area (Å²) in [5, 5.41) is 12.8. The molecule has 1 aliphatic carbocycles. The van der Waals surface area contributed by atoms with Crippen LogP contribution in [0.4, 0.5) is 0 Å². The third kappa shape index (κ3) is 4.52. The molecule has 90 valence electrons. The molecule has 1 aliphatic rings. The SMILES string of the molecule is CCC(C)(CO)CNCC1CCCCC1. The van der Waals surface area contributed by atoms with Gasteiger partial charge in [0.1, 0.15) is 0 Å². The normalized spacial score (nSPS) is 22.6. The Hall–Kier alpha value is -0.0800. The summed E-state index contributed by atoms with van der Waals surface area (Å²) in [5.41, 5.74) is 0.0780. The highest BCUT2D eigenvalue weighted by Crippen LogP contribution is 2.23. The molecule has 0 aromatic carbocycles. The summed E-state index contributed by atoms with van der Waals surface area (Å²) in [5.74, 6) is 0.888. The van der Waals surface area contributed by atoms with Gasteiger partial charge in [-0.25, -0.2) is 0 Å². The lowest BCUT2D eigenvalue weighted by molar-refractivity contribution is 0.133. The Morgan fingerprint density at radius 1 is 1.27 bits per heavy atom. The summed E-state index contributed by atoms with van der Waals surface area (Å²) < 4.78 is 0. The van der Waals surface area contributed by atoms with Crippen LogP contribution in [0.15, 0.2) is 0 Å². The van der Waals surface area contributed by atoms with E-state index in [1.165, 1.54) is 32.1 Å². The number of hydrogen-bond acceptors (Lipinski definition) is 2. The molecule has 1 rings (SSSR count). The number of hydrogen-bond donors (Lipinski definition) is 2. The van der Waals surface area contributed by atoms with Crippen molar-refractivity contribution in [3.05, 3.63) is 0 Å². The van der Waals surface area contributed by atoms with E-state index in [9.17, 15) is 5.11 Å². The van der Waals surface area contributed by atoms with Gasteiger partial charge < -0.3 is 10.4 Å². The highest BCUT2D eigenvalue weighted by atomic mass is 16.3. The van der Waals surface area contributed by atoms with Gasteiger partial charge in [0, 0.05) is 18.6 Å². The molecule has 0 spiro atoms. The number of aliphatic hydroxyl groups is 1. The highest BCUT2D eigenvalue weighted by Gasteiger charge is 2.21. The van der Waals surface area contributed by atoms with E-state index in [-0.39, 0.29) is 5.41 Å². The van der Waals surface area contributed by atoms with E-state index in [1.807, 2.05) is 0 Å². The molecule has 15 heavy (non-hydrogen) atoms. The molecule has 0 aromatic heterocycles. The first-order chi connectivity index (χ1) is 7.20. The second-order valence-electron chi connectivity index (χ2n) is 5.46. The maximum Gasteiger partial charge on any atom is 0.0496 e. The van der Waals surface area contributed by atoms with Gasteiger partial charge in [-0.15, -0.1) is 0 Å². The van der Waals surface area contributed by atoms with Gasteiger partial charge in [0.05, 0.1) is 0 Å². The molecule has 0 aromatic rings. The predicted molar refractivity (Wildman–Crippen MR) is 64.9 cm³/mol. The Balaban J connectivity index is 2.14. The quantitative estimate of drug-likeness (QED) is 0.711. The number of nitrogens with one attached hydrogen (secondary N) is 1. The minimum atomic E-state index is 0.0780. The fraction of sp³-hybridized carbons (Fsp3) is 1.00. The van der Waals surface area contributed by atoms with E-state index >= 15 is 0 Å². The average Bonchev–Trinajstić information content (AvgIpc) is 2.30. The predicted octanol–water partition coefficient (Wildman–Crippen LogP) is 2.56. The van der Waals surface area contributed by atoms with Gasteiger partial charge in [-0.3, -0.25) is 0 Å². The van der Waals surface area contributed by atoms with Gasteiger partial charge in [-0.05, 0) is 31.7 Å². The summed E-state index contributed by atoms with van der Waals surface area (Å²) in [4.78, 5) is 0. The van der Waals surface area contributed by atoms with Crippen molar-refractivity contribution in [2.45, 2.75) is 52.4 Å². The molecule has 0 aliphatic heterocycles. The van der Waals surface area contributed by atoms with Crippen molar-refractivity contribution in [3.8, 4) is 0 Å². The maximum absolute atomic E-state index is 9.28. The lowest BCUT2D eigenvalue weighted by atomic mass is 9.87. The molecular formula is C13H27NO. The summed E-state index contributed by atoms with van der Waals surface area (Å²) in [6, 6.07) is 0. The van der Waals surface area contributed by atoms with E-state index in [0.717, 1.165) is 25.4 Å². The second-order valence-corrected chi connectivity index (χ2v) is 5.46. The third-order valence-electron chi connectivity index (χ3n) is 3.94. The van der Waals surface area contributed by atoms with Crippen molar-refractivity contribution in [3.63, 3.8) is 0 Å². The Morgan fingerprint density at radius 3 is 2.47 bits per heavy atom. The fourth-order valence-corrected chi connectivity index (χ4v) is 2.26. The van der Waals surface area contributed by atoms with Crippen LogP contribution in [0.25, 0.3) is 0 Å². The lowest BCUT2D eigenvalue weighted by Gasteiger charge is -2.28. The summed E-state index contributed by atoms with van der Waals surface area (Å²) in [6.45, 7) is 6.70. The summed E-state index contributed by atoms with van der Waals surface area (Å²) in [6.07, 6.45) is 8.10. The highest BCUT2D eigenvalue weighted by molar-refractivity contribution is 4.76. The maximum atomic E-state index is 9.28. The molecular weight excluding hydrogens is 186 g/mol. The smallest absolute Gasteiger partial charge is 0.0496 e. The Morgan fingerprint density at radius 2 is 1.93 bits per heavy atom. The van der Waals surface area contributed by atoms with Crippen molar-refractivity contribution in [1.29, 1.82) is 0 Å². The van der Waals surface area contributed by atoms with E-state index in [4.69, 9.17) is 0 Å². The van der Waals surface area contributed by atoms with Crippen LogP contribution in [0.2, 0.25) is 0 Å². The van der Waals surface area contributed by atoms with E-state index in [1.54, 1.807) is 0 Å². The van der Waals surface area contributed by atoms with Crippen LogP contribution in [0.3, 0.4) is 0 Å². The number of aliphatic hydroxyl groups excluding tert-OH is 1. The van der Waals surface area contributed by atoms with Crippen LogP contribution < -0.4 is 5.32 Å². The van der Waals surface area contributed by atoms with Gasteiger partial charge in [-0.2, -0.15) is 0 Å². The zero-order valence-corrected chi connectivity index (χ0v) is 10.4.